The number of hydrogen-bond donors (Lipinski definition) is 0. The molecule has 13 aliphatic rings. The van der Waals surface area contributed by atoms with Crippen LogP contribution in [0.25, 0.3) is 0 Å². The first-order chi connectivity index (χ1) is 37.4. The second kappa shape index (κ2) is 20.9. The Bertz CT molecular complexity index is 2610. The van der Waals surface area contributed by atoms with E-state index in [1.165, 1.54) is 170 Å². The average Bonchev–Trinajstić information content (AvgIpc) is 4.11. The van der Waals surface area contributed by atoms with Gasteiger partial charge < -0.3 is 19.3 Å². The van der Waals surface area contributed by atoms with Crippen molar-refractivity contribution in [2.24, 2.45) is 64.1 Å². The first-order valence-electron chi connectivity index (χ1n) is 32.2. The van der Waals surface area contributed by atoms with E-state index in [-0.39, 0.29) is 17.6 Å². The predicted molar refractivity (Wildman–Crippen MR) is 313 cm³/mol. The maximum Gasteiger partial charge on any atom is 0.102 e. The normalized spacial score (nSPS) is 41.8. The number of anilines is 1. The molecule has 14 rings (SSSR count). The van der Waals surface area contributed by atoms with Gasteiger partial charge in [0, 0.05) is 65.0 Å². The van der Waals surface area contributed by atoms with E-state index in [2.05, 4.69) is 121 Å². The van der Waals surface area contributed by atoms with E-state index in [4.69, 9.17) is 9.47 Å². The molecule has 11 aliphatic carbocycles. The van der Waals surface area contributed by atoms with Crippen molar-refractivity contribution in [2.45, 2.75) is 223 Å². The molecule has 0 amide bonds. The van der Waals surface area contributed by atoms with Crippen LogP contribution in [0.3, 0.4) is 0 Å². The quantitative estimate of drug-likeness (QED) is 0.206. The Morgan fingerprint density at radius 2 is 1.57 bits per heavy atom. The van der Waals surface area contributed by atoms with Crippen LogP contribution in [-0.4, -0.2) is 35.3 Å². The number of benzene rings is 1. The maximum atomic E-state index is 7.09. The van der Waals surface area contributed by atoms with E-state index in [9.17, 15) is 0 Å². The Balaban J connectivity index is 0.807. The minimum atomic E-state index is 0.179. The smallest absolute Gasteiger partial charge is 0.102 e. The number of likely N-dealkylation sites (tertiary alicyclic amines) is 1. The lowest BCUT2D eigenvalue weighted by Gasteiger charge is -2.53. The molecule has 2 saturated heterocycles. The molecule has 2 heterocycles. The van der Waals surface area contributed by atoms with E-state index < -0.39 is 0 Å². The summed E-state index contributed by atoms with van der Waals surface area (Å²) < 4.78 is 14.0. The molecule has 0 aromatic heterocycles. The zero-order valence-electron chi connectivity index (χ0n) is 46.8. The van der Waals surface area contributed by atoms with Gasteiger partial charge in [-0.25, -0.2) is 0 Å². The molecule has 0 bridgehead atoms. The van der Waals surface area contributed by atoms with Gasteiger partial charge in [0.05, 0.1) is 18.0 Å². The highest BCUT2D eigenvalue weighted by Gasteiger charge is 2.68. The molecule has 14 unspecified atom stereocenters. The molecule has 1 aromatic carbocycles. The van der Waals surface area contributed by atoms with Crippen LogP contribution in [0.4, 0.5) is 5.69 Å². The SMILES string of the molecule is C=CC1=CC=C(OC2CC=C(C3(C4CCCCC4)C4CCCCC4C4(C)CCC(N(C5=CC6OC7CCCCC7C6C=C5)c5ccc(C6CCC7C(C6)C6CC=CC=C6N7C6CCC(C=C)CC6)cc5)=CC43)CC2)CC1. The molecule has 8 fully saturated rings. The van der Waals surface area contributed by atoms with Crippen molar-refractivity contribution in [3.63, 3.8) is 0 Å². The largest absolute Gasteiger partial charge is 0.494 e. The number of ether oxygens (including phenoxy) is 2. The van der Waals surface area contributed by atoms with Crippen LogP contribution in [0.5, 0.6) is 0 Å². The third-order valence-electron chi connectivity index (χ3n) is 24.3. The fourth-order valence-electron chi connectivity index (χ4n) is 20.8. The molecule has 2 aliphatic heterocycles. The van der Waals surface area contributed by atoms with Crippen LogP contribution in [0.2, 0.25) is 0 Å². The van der Waals surface area contributed by atoms with Gasteiger partial charge in [0.15, 0.2) is 0 Å². The zero-order valence-corrected chi connectivity index (χ0v) is 46.8. The predicted octanol–water partition coefficient (Wildman–Crippen LogP) is 18.3. The second-order valence-electron chi connectivity index (χ2n) is 27.6. The molecule has 4 heteroatoms. The van der Waals surface area contributed by atoms with Crippen molar-refractivity contribution >= 4 is 5.69 Å². The molecule has 6 saturated carbocycles. The van der Waals surface area contributed by atoms with Gasteiger partial charge in [-0.05, 0) is 222 Å². The second-order valence-corrected chi connectivity index (χ2v) is 27.6. The molecule has 4 nitrogen and oxygen atoms in total. The van der Waals surface area contributed by atoms with Gasteiger partial charge in [-0.3, -0.25) is 0 Å². The lowest BCUT2D eigenvalue weighted by Crippen LogP contribution is -2.46. The highest BCUT2D eigenvalue weighted by atomic mass is 16.5. The minimum absolute atomic E-state index is 0.179. The van der Waals surface area contributed by atoms with Gasteiger partial charge in [-0.2, -0.15) is 0 Å². The average molecular weight is 1020 g/mol. The Kier molecular flexibility index (Phi) is 13.8. The van der Waals surface area contributed by atoms with Crippen molar-refractivity contribution in [3.05, 3.63) is 150 Å². The van der Waals surface area contributed by atoms with Crippen LogP contribution in [0.1, 0.15) is 198 Å². The fraction of sp³-hybridized carbons (Fsp3) is 0.639. The van der Waals surface area contributed by atoms with Gasteiger partial charge in [0.2, 0.25) is 0 Å². The number of allylic oxidation sites excluding steroid dienone is 14. The first-order valence-corrected chi connectivity index (χ1v) is 32.2. The van der Waals surface area contributed by atoms with Crippen molar-refractivity contribution in [3.8, 4) is 0 Å². The lowest BCUT2D eigenvalue weighted by atomic mass is 9.51. The Hall–Kier alpha value is -4.02. The molecule has 0 N–H and O–H groups in total. The van der Waals surface area contributed by atoms with Gasteiger partial charge in [0.1, 0.15) is 6.10 Å². The molecule has 14 atom stereocenters. The van der Waals surface area contributed by atoms with Crippen LogP contribution in [0.15, 0.2) is 144 Å². The monoisotopic (exact) mass is 1020 g/mol. The number of nitrogens with zero attached hydrogens (tertiary/aromatic N) is 2. The molecule has 1 aromatic rings. The first kappa shape index (κ1) is 50.2. The van der Waals surface area contributed by atoms with E-state index >= 15 is 0 Å². The Labute approximate surface area is 459 Å². The molecule has 404 valence electrons. The molecule has 0 radical (unpaired) electrons. The van der Waals surface area contributed by atoms with Crippen LogP contribution >= 0.6 is 0 Å². The fourth-order valence-corrected chi connectivity index (χ4v) is 20.8. The number of hydrogen-bond acceptors (Lipinski definition) is 4. The maximum absolute atomic E-state index is 7.09. The van der Waals surface area contributed by atoms with E-state index in [1.807, 2.05) is 11.6 Å². The van der Waals surface area contributed by atoms with Gasteiger partial charge in [-0.15, -0.1) is 6.58 Å². The van der Waals surface area contributed by atoms with Crippen molar-refractivity contribution in [1.29, 1.82) is 0 Å². The summed E-state index contributed by atoms with van der Waals surface area (Å²) in [6.45, 7) is 11.0. The third kappa shape index (κ3) is 8.58. The molecular weight excluding hydrogens is 925 g/mol. The van der Waals surface area contributed by atoms with Crippen LogP contribution < -0.4 is 4.90 Å². The summed E-state index contributed by atoms with van der Waals surface area (Å²) in [6.07, 6.45) is 66.9. The summed E-state index contributed by atoms with van der Waals surface area (Å²) in [5.41, 5.74) is 11.3. The van der Waals surface area contributed by atoms with E-state index in [0.29, 0.717) is 59.1 Å². The third-order valence-corrected chi connectivity index (χ3v) is 24.3. The lowest BCUT2D eigenvalue weighted by molar-refractivity contribution is 0.0348. The number of rotatable bonds is 11. The highest BCUT2D eigenvalue weighted by Crippen LogP contribution is 2.75. The standard InChI is InChI=1S/C72H94N2O2/c1-4-48-23-32-55(33-24-48)74-66-21-13-9-17-60(66)63-45-51(29-42-67(63)74)50-27-34-54(35-28-50)73(56-36-41-62-61-18-10-14-22-68(61)76-69(62)46-56)57-43-44-71(3)64-19-11-12-20-65(64)72(70(71)47-57,52-15-7-6-8-16-52)53-30-39-59(40-31-53)75-58-37-25-49(5-2)26-38-58/h4-5,9,13,21,25,27-28,30,34-37,41,46-48,51-52,55,59-65,67-70H,1-2,6-8,10-12,14-20,22-24,26,29,31-33,38-40,42-45H2,3H3. The summed E-state index contributed by atoms with van der Waals surface area (Å²) in [5.74, 6) is 8.05. The van der Waals surface area contributed by atoms with E-state index in [0.717, 1.165) is 55.8 Å². The summed E-state index contributed by atoms with van der Waals surface area (Å²) >= 11 is 0. The summed E-state index contributed by atoms with van der Waals surface area (Å²) in [7, 11) is 0. The molecule has 0 spiro atoms. The molecular formula is C72H94N2O2. The highest BCUT2D eigenvalue weighted by molar-refractivity contribution is 5.63. The van der Waals surface area contributed by atoms with Crippen LogP contribution in [-0.2, 0) is 9.47 Å². The van der Waals surface area contributed by atoms with Gasteiger partial charge in [-0.1, -0.05) is 125 Å². The Morgan fingerprint density at radius 3 is 2.36 bits per heavy atom. The van der Waals surface area contributed by atoms with E-state index in [1.54, 1.807) is 17.0 Å². The number of fused-ring (bicyclic) bond motifs is 9. The zero-order chi connectivity index (χ0) is 51.0. The van der Waals surface area contributed by atoms with Crippen molar-refractivity contribution < 1.29 is 9.47 Å². The summed E-state index contributed by atoms with van der Waals surface area (Å²) in [6, 6.07) is 11.7. The Morgan fingerprint density at radius 1 is 0.750 bits per heavy atom. The topological polar surface area (TPSA) is 24.9 Å². The van der Waals surface area contributed by atoms with Crippen LogP contribution in [0, 0.1) is 64.1 Å². The van der Waals surface area contributed by atoms with Gasteiger partial charge >= 0.3 is 0 Å². The summed E-state index contributed by atoms with van der Waals surface area (Å²) in [5, 5.41) is 0. The minimum Gasteiger partial charge on any atom is -0.494 e. The van der Waals surface area contributed by atoms with Gasteiger partial charge in [0.25, 0.3) is 0 Å². The van der Waals surface area contributed by atoms with Crippen molar-refractivity contribution in [1.82, 2.24) is 4.90 Å². The summed E-state index contributed by atoms with van der Waals surface area (Å²) in [4.78, 5) is 5.80. The molecule has 76 heavy (non-hydrogen) atoms. The van der Waals surface area contributed by atoms with Crippen molar-refractivity contribution in [2.75, 3.05) is 4.90 Å².